The Labute approximate surface area is 452 Å². The van der Waals surface area contributed by atoms with Gasteiger partial charge in [-0.25, -0.2) is 19.2 Å². The van der Waals surface area contributed by atoms with Gasteiger partial charge in [0.1, 0.15) is 36.1 Å². The average Bonchev–Trinajstić information content (AvgIpc) is 4.18. The summed E-state index contributed by atoms with van der Waals surface area (Å²) in [6.45, 7) is -0.620. The molecule has 0 bridgehead atoms. The van der Waals surface area contributed by atoms with E-state index in [1.807, 2.05) is 60.7 Å². The summed E-state index contributed by atoms with van der Waals surface area (Å²) in [5.74, 6) is -4.85. The fraction of sp³-hybridized carbons (Fsp3) is 0.143. The Balaban J connectivity index is 0.965. The summed E-state index contributed by atoms with van der Waals surface area (Å²) < 4.78 is 63.1. The molecule has 8 aromatic rings. The lowest BCUT2D eigenvalue weighted by molar-refractivity contribution is -0.275. The minimum absolute atomic E-state index is 0.0437. The fourth-order valence-corrected chi connectivity index (χ4v) is 9.45. The molecule has 0 saturated carbocycles. The molecule has 4 unspecified atom stereocenters. The van der Waals surface area contributed by atoms with Crippen LogP contribution in [-0.2, 0) is 34.2 Å². The van der Waals surface area contributed by atoms with E-state index in [-0.39, 0.29) is 50.8 Å². The largest absolute Gasteiger partial charge is 0.507 e. The van der Waals surface area contributed by atoms with Crippen LogP contribution in [0.25, 0.3) is 5.76 Å². The highest BCUT2D eigenvalue weighted by Gasteiger charge is 2.55. The second-order valence-corrected chi connectivity index (χ2v) is 18.3. The molecular formula is C63H48O16. The lowest BCUT2D eigenvalue weighted by Gasteiger charge is -2.44. The molecule has 16 nitrogen and oxygen atoms in total. The molecule has 11 rings (SSSR count). The van der Waals surface area contributed by atoms with Crippen LogP contribution in [0, 0.1) is 0 Å². The van der Waals surface area contributed by atoms with E-state index in [4.69, 9.17) is 47.4 Å². The lowest BCUT2D eigenvalue weighted by atomic mass is 9.97. The Hall–Kier alpha value is -9.90. The van der Waals surface area contributed by atoms with E-state index in [0.29, 0.717) is 17.1 Å². The molecule has 2 N–H and O–H groups in total. The number of carbonyl (C=O) groups is 4. The number of benzene rings is 8. The highest BCUT2D eigenvalue weighted by molar-refractivity contribution is 5.92. The van der Waals surface area contributed by atoms with Crippen molar-refractivity contribution in [3.63, 3.8) is 0 Å². The van der Waals surface area contributed by atoms with E-state index in [1.165, 1.54) is 49.6 Å². The number of methoxy groups -OCH3 is 1. The second-order valence-electron chi connectivity index (χ2n) is 18.3. The minimum atomic E-state index is -1.80. The van der Waals surface area contributed by atoms with Crippen LogP contribution in [-0.4, -0.2) is 78.5 Å². The summed E-state index contributed by atoms with van der Waals surface area (Å²) in [5.41, 5.74) is 2.24. The average molecular weight is 1060 g/mol. The molecule has 396 valence electrons. The Morgan fingerprint density at radius 1 is 0.519 bits per heavy atom. The topological polar surface area (TPSA) is 201 Å². The van der Waals surface area contributed by atoms with Crippen LogP contribution in [0.2, 0.25) is 0 Å². The lowest BCUT2D eigenvalue weighted by Crippen LogP contribution is -2.63. The Bertz CT molecular complexity index is 3480. The first kappa shape index (κ1) is 51.2. The van der Waals surface area contributed by atoms with Crippen LogP contribution in [0.5, 0.6) is 28.7 Å². The first-order valence-corrected chi connectivity index (χ1v) is 25.0. The maximum Gasteiger partial charge on any atom is 0.338 e. The molecule has 3 heterocycles. The van der Waals surface area contributed by atoms with Crippen molar-refractivity contribution in [2.75, 3.05) is 13.7 Å². The van der Waals surface area contributed by atoms with E-state index in [2.05, 4.69) is 0 Å². The molecule has 0 spiro atoms. The van der Waals surface area contributed by atoms with E-state index < -0.39 is 78.8 Å². The summed E-state index contributed by atoms with van der Waals surface area (Å²) in [5, 5.41) is 23.7. The number of phenolic OH excluding ortho intramolecular Hbond substituents is 1. The third kappa shape index (κ3) is 10.5. The highest BCUT2D eigenvalue weighted by Crippen LogP contribution is 2.52. The van der Waals surface area contributed by atoms with Crippen molar-refractivity contribution in [1.82, 2.24) is 0 Å². The van der Waals surface area contributed by atoms with Crippen LogP contribution in [0.4, 0.5) is 0 Å². The predicted molar refractivity (Wildman–Crippen MR) is 282 cm³/mol. The number of esters is 4. The number of fused-ring (bicyclic) bond motifs is 2. The van der Waals surface area contributed by atoms with Crippen molar-refractivity contribution in [1.29, 1.82) is 0 Å². The van der Waals surface area contributed by atoms with Gasteiger partial charge in [0.2, 0.25) is 12.4 Å². The van der Waals surface area contributed by atoms with Crippen molar-refractivity contribution >= 4 is 29.6 Å². The molecule has 8 aromatic carbocycles. The van der Waals surface area contributed by atoms with Gasteiger partial charge >= 0.3 is 29.7 Å². The van der Waals surface area contributed by atoms with Crippen LogP contribution < -0.4 is 18.9 Å². The monoisotopic (exact) mass is 1060 g/mol. The molecule has 79 heavy (non-hydrogen) atoms. The third-order valence-corrected chi connectivity index (χ3v) is 13.3. The van der Waals surface area contributed by atoms with Gasteiger partial charge in [-0.05, 0) is 66.7 Å². The van der Waals surface area contributed by atoms with Gasteiger partial charge in [-0.2, -0.15) is 0 Å². The number of rotatable bonds is 15. The normalized spacial score (nSPS) is 19.6. The summed E-state index contributed by atoms with van der Waals surface area (Å²) in [6.07, 6.45) is -10.1. The minimum Gasteiger partial charge on any atom is -0.507 e. The van der Waals surface area contributed by atoms with E-state index in [9.17, 15) is 29.4 Å². The SMILES string of the molecule is COC1=C(c2ccc3c(c2)OC(c2ccccc2)(c2ccccc2)O3)Oc2cc(O[C@@H]3OC(COC(=O)c4ccccc4)[C@@H](OC(=O)c4ccccc4)C(OC(=O)c4ccccc4)C3OC(=O)c3ccccc3)cc(O)c2C1O. The molecule has 3 aliphatic rings. The zero-order valence-corrected chi connectivity index (χ0v) is 42.0. The van der Waals surface area contributed by atoms with Crippen molar-refractivity contribution in [2.24, 2.45) is 0 Å². The van der Waals surface area contributed by atoms with Gasteiger partial charge in [0, 0.05) is 28.8 Å². The van der Waals surface area contributed by atoms with E-state index in [0.717, 1.165) is 17.2 Å². The molecule has 0 aromatic heterocycles. The number of aromatic hydroxyl groups is 1. The summed E-state index contributed by atoms with van der Waals surface area (Å²) >= 11 is 0. The quantitative estimate of drug-likeness (QED) is 0.0725. The van der Waals surface area contributed by atoms with Crippen LogP contribution in [0.3, 0.4) is 0 Å². The number of phenols is 1. The van der Waals surface area contributed by atoms with Gasteiger partial charge in [-0.15, -0.1) is 0 Å². The van der Waals surface area contributed by atoms with Crippen molar-refractivity contribution < 1.29 is 76.8 Å². The third-order valence-electron chi connectivity index (χ3n) is 13.3. The second kappa shape index (κ2) is 22.4. The standard InChI is InChI=1S/C63H48O16/c1-70-55-52(65)51-46(64)35-45(36-49(51)73-53(55)42-32-33-47-48(34-42)79-63(78-47,43-28-16-6-17-29-43)44-30-18-7-19-31-44)72-62-57(77-61(69)41-26-14-5-15-27-41)56(76-60(68)40-24-12-4-13-25-40)54(75-59(67)39-22-10-3-11-23-39)50(74-62)37-71-58(66)38-20-8-2-9-21-38/h2-36,50,52,54,56-57,62,64-65H,37H2,1H3/t50?,52?,54-,56?,57?,62-/m1/s1. The van der Waals surface area contributed by atoms with E-state index >= 15 is 0 Å². The van der Waals surface area contributed by atoms with Gasteiger partial charge in [-0.1, -0.05) is 133 Å². The molecule has 16 heteroatoms. The zero-order valence-electron chi connectivity index (χ0n) is 42.0. The van der Waals surface area contributed by atoms with E-state index in [1.54, 1.807) is 103 Å². The van der Waals surface area contributed by atoms with Gasteiger partial charge in [0.05, 0.1) is 34.9 Å². The van der Waals surface area contributed by atoms with Crippen molar-refractivity contribution in [2.45, 2.75) is 42.6 Å². The number of ether oxygens (including phenoxy) is 10. The molecule has 0 radical (unpaired) electrons. The smallest absolute Gasteiger partial charge is 0.338 e. The zero-order chi connectivity index (χ0) is 54.5. The summed E-state index contributed by atoms with van der Waals surface area (Å²) in [6, 6.07) is 58.5. The molecule has 0 amide bonds. The summed E-state index contributed by atoms with van der Waals surface area (Å²) in [4.78, 5) is 56.0. The number of aliphatic hydroxyl groups excluding tert-OH is 1. The molecule has 1 saturated heterocycles. The molecule has 0 aliphatic carbocycles. The number of carbonyl (C=O) groups excluding carboxylic acids is 4. The fourth-order valence-electron chi connectivity index (χ4n) is 9.45. The number of hydrogen-bond donors (Lipinski definition) is 2. The van der Waals surface area contributed by atoms with Gasteiger partial charge in [0.25, 0.3) is 0 Å². The molecular weight excluding hydrogens is 1010 g/mol. The maximum absolute atomic E-state index is 14.2. The summed E-state index contributed by atoms with van der Waals surface area (Å²) in [7, 11) is 1.35. The predicted octanol–water partition coefficient (Wildman–Crippen LogP) is 10.1. The van der Waals surface area contributed by atoms with Gasteiger partial charge < -0.3 is 57.6 Å². The Morgan fingerprint density at radius 2 is 0.987 bits per heavy atom. The van der Waals surface area contributed by atoms with Gasteiger partial charge in [0.15, 0.2) is 35.2 Å². The number of hydrogen-bond acceptors (Lipinski definition) is 16. The maximum atomic E-state index is 14.2. The van der Waals surface area contributed by atoms with Crippen LogP contribution in [0.1, 0.15) is 69.8 Å². The van der Waals surface area contributed by atoms with Crippen LogP contribution >= 0.6 is 0 Å². The molecule has 1 fully saturated rings. The van der Waals surface area contributed by atoms with Crippen molar-refractivity contribution in [3.05, 3.63) is 263 Å². The number of aliphatic hydroxyl groups is 1. The first-order valence-electron chi connectivity index (χ1n) is 25.0. The Kier molecular flexibility index (Phi) is 14.5. The Morgan fingerprint density at radius 3 is 1.51 bits per heavy atom. The molecule has 3 aliphatic heterocycles. The van der Waals surface area contributed by atoms with Gasteiger partial charge in [-0.3, -0.25) is 0 Å². The van der Waals surface area contributed by atoms with Crippen molar-refractivity contribution in [3.8, 4) is 28.7 Å². The molecule has 6 atom stereocenters. The van der Waals surface area contributed by atoms with Crippen LogP contribution in [0.15, 0.2) is 218 Å². The first-order chi connectivity index (χ1) is 38.6. The highest BCUT2D eigenvalue weighted by atomic mass is 16.7.